The van der Waals surface area contributed by atoms with Gasteiger partial charge in [0.1, 0.15) is 0 Å². The minimum absolute atomic E-state index is 0.192. The second kappa shape index (κ2) is 6.89. The summed E-state index contributed by atoms with van der Waals surface area (Å²) in [6, 6.07) is 18.2. The van der Waals surface area contributed by atoms with Crippen LogP contribution < -0.4 is 0 Å². The molecule has 25 heavy (non-hydrogen) atoms. The standard InChI is InChI=1S/C23H20OS/c24-22(23(16-7-17-23)19-8-3-1-4-9-19)18-12-14-21(15-13-18)25-20-10-5-2-6-11-20/h1-5,7-10,12-16H,6,11,17H2. The molecule has 0 fully saturated rings. The van der Waals surface area contributed by atoms with Crippen molar-refractivity contribution in [2.45, 2.75) is 29.6 Å². The number of Topliss-reactive ketones (excluding diaryl/α,β-unsaturated/α-hetero) is 1. The van der Waals surface area contributed by atoms with Crippen LogP contribution in [0, 0.1) is 0 Å². The van der Waals surface area contributed by atoms with Crippen molar-refractivity contribution in [3.63, 3.8) is 0 Å². The van der Waals surface area contributed by atoms with E-state index >= 15 is 0 Å². The fourth-order valence-corrected chi connectivity index (χ4v) is 4.29. The molecular weight excluding hydrogens is 324 g/mol. The third-order valence-electron chi connectivity index (χ3n) is 4.88. The third-order valence-corrected chi connectivity index (χ3v) is 5.99. The van der Waals surface area contributed by atoms with E-state index in [1.165, 1.54) is 9.80 Å². The largest absolute Gasteiger partial charge is 0.293 e. The number of hydrogen-bond acceptors (Lipinski definition) is 2. The van der Waals surface area contributed by atoms with Gasteiger partial charge < -0.3 is 0 Å². The van der Waals surface area contributed by atoms with E-state index in [4.69, 9.17) is 0 Å². The molecule has 0 bridgehead atoms. The Balaban J connectivity index is 1.55. The average Bonchev–Trinajstić information content (AvgIpc) is 2.63. The zero-order valence-electron chi connectivity index (χ0n) is 14.0. The summed E-state index contributed by atoms with van der Waals surface area (Å²) >= 11 is 1.79. The van der Waals surface area contributed by atoms with Gasteiger partial charge in [-0.3, -0.25) is 4.79 Å². The number of carbonyl (C=O) groups excluding carboxylic acids is 1. The van der Waals surface area contributed by atoms with Crippen molar-refractivity contribution < 1.29 is 4.79 Å². The average molecular weight is 344 g/mol. The lowest BCUT2D eigenvalue weighted by atomic mass is 9.66. The molecule has 1 atom stereocenters. The molecule has 0 saturated heterocycles. The number of benzene rings is 2. The van der Waals surface area contributed by atoms with Gasteiger partial charge in [0.2, 0.25) is 0 Å². The lowest BCUT2D eigenvalue weighted by molar-refractivity contribution is 0.0907. The van der Waals surface area contributed by atoms with E-state index in [2.05, 4.69) is 48.6 Å². The number of thioether (sulfide) groups is 1. The highest BCUT2D eigenvalue weighted by atomic mass is 32.2. The van der Waals surface area contributed by atoms with E-state index in [1.54, 1.807) is 11.8 Å². The molecule has 0 spiro atoms. The molecule has 2 aliphatic carbocycles. The molecule has 0 aromatic heterocycles. The molecule has 2 aliphatic rings. The van der Waals surface area contributed by atoms with Crippen LogP contribution in [0.2, 0.25) is 0 Å². The summed E-state index contributed by atoms with van der Waals surface area (Å²) in [5.74, 6) is 0.192. The van der Waals surface area contributed by atoms with Crippen LogP contribution in [0.5, 0.6) is 0 Å². The number of ketones is 1. The van der Waals surface area contributed by atoms with Crippen LogP contribution in [-0.4, -0.2) is 5.78 Å². The first kappa shape index (κ1) is 16.2. The van der Waals surface area contributed by atoms with Crippen molar-refractivity contribution in [3.05, 3.63) is 101 Å². The van der Waals surface area contributed by atoms with Crippen molar-refractivity contribution in [1.29, 1.82) is 0 Å². The molecule has 2 aromatic carbocycles. The van der Waals surface area contributed by atoms with Crippen molar-refractivity contribution in [2.24, 2.45) is 0 Å². The quantitative estimate of drug-likeness (QED) is 0.482. The van der Waals surface area contributed by atoms with Gasteiger partial charge in [-0.1, -0.05) is 84.6 Å². The molecule has 124 valence electrons. The third kappa shape index (κ3) is 3.14. The summed E-state index contributed by atoms with van der Waals surface area (Å²) in [5, 5.41) is 0. The lowest BCUT2D eigenvalue weighted by Gasteiger charge is -2.34. The SMILES string of the molecule is O=C(c1ccc(SC2=CC=CCC2)cc1)C1(c2ccccc2)C=CC1. The van der Waals surface area contributed by atoms with E-state index in [-0.39, 0.29) is 5.78 Å². The molecule has 1 unspecified atom stereocenters. The highest BCUT2D eigenvalue weighted by Crippen LogP contribution is 2.40. The van der Waals surface area contributed by atoms with E-state index < -0.39 is 5.41 Å². The molecule has 0 amide bonds. The first-order chi connectivity index (χ1) is 12.3. The van der Waals surface area contributed by atoms with Crippen LogP contribution in [0.4, 0.5) is 0 Å². The Morgan fingerprint density at radius 2 is 1.72 bits per heavy atom. The summed E-state index contributed by atoms with van der Waals surface area (Å²) in [7, 11) is 0. The molecule has 2 aromatic rings. The van der Waals surface area contributed by atoms with Crippen LogP contribution in [0.15, 0.2) is 94.8 Å². The molecule has 0 N–H and O–H groups in total. The number of rotatable bonds is 5. The zero-order valence-corrected chi connectivity index (χ0v) is 14.8. The molecule has 0 saturated carbocycles. The van der Waals surface area contributed by atoms with E-state index in [0.717, 1.165) is 30.4 Å². The van der Waals surface area contributed by atoms with Crippen LogP contribution in [0.25, 0.3) is 0 Å². The van der Waals surface area contributed by atoms with Crippen molar-refractivity contribution in [1.82, 2.24) is 0 Å². The fourth-order valence-electron chi connectivity index (χ4n) is 3.35. The highest BCUT2D eigenvalue weighted by Gasteiger charge is 2.41. The molecule has 2 heteroatoms. The lowest BCUT2D eigenvalue weighted by Crippen LogP contribution is -2.38. The Bertz CT molecular complexity index is 859. The zero-order chi connectivity index (χ0) is 17.1. The van der Waals surface area contributed by atoms with Gasteiger partial charge in [-0.05, 0) is 41.9 Å². The van der Waals surface area contributed by atoms with E-state index in [0.29, 0.717) is 0 Å². The van der Waals surface area contributed by atoms with Gasteiger partial charge in [-0.15, -0.1) is 0 Å². The van der Waals surface area contributed by atoms with Gasteiger partial charge in [0.15, 0.2) is 5.78 Å². The summed E-state index contributed by atoms with van der Waals surface area (Å²) in [6.07, 6.45) is 13.6. The van der Waals surface area contributed by atoms with Gasteiger partial charge in [0, 0.05) is 10.5 Å². The fraction of sp³-hybridized carbons (Fsp3) is 0.174. The normalized spacial score (nSPS) is 21.5. The Morgan fingerprint density at radius 1 is 0.960 bits per heavy atom. The van der Waals surface area contributed by atoms with Crippen LogP contribution in [0.3, 0.4) is 0 Å². The molecule has 0 heterocycles. The maximum atomic E-state index is 13.2. The number of carbonyl (C=O) groups is 1. The molecular formula is C23H20OS. The Morgan fingerprint density at radius 3 is 2.32 bits per heavy atom. The van der Waals surface area contributed by atoms with E-state index in [9.17, 15) is 4.79 Å². The van der Waals surface area contributed by atoms with Gasteiger partial charge in [-0.25, -0.2) is 0 Å². The molecule has 4 rings (SSSR count). The van der Waals surface area contributed by atoms with E-state index in [1.807, 2.05) is 36.4 Å². The monoisotopic (exact) mass is 344 g/mol. The van der Waals surface area contributed by atoms with Gasteiger partial charge in [0.05, 0.1) is 5.41 Å². The predicted octanol–water partition coefficient (Wildman–Crippen LogP) is 6.09. The van der Waals surface area contributed by atoms with Crippen LogP contribution in [0.1, 0.15) is 35.2 Å². The molecule has 0 aliphatic heterocycles. The highest BCUT2D eigenvalue weighted by molar-refractivity contribution is 8.03. The van der Waals surface area contributed by atoms with Gasteiger partial charge in [0.25, 0.3) is 0 Å². The van der Waals surface area contributed by atoms with Gasteiger partial charge >= 0.3 is 0 Å². The second-order valence-corrected chi connectivity index (χ2v) is 7.70. The number of hydrogen-bond donors (Lipinski definition) is 0. The Kier molecular flexibility index (Phi) is 4.46. The number of allylic oxidation sites excluding steroid dienone is 6. The first-order valence-corrected chi connectivity index (χ1v) is 9.51. The smallest absolute Gasteiger partial charge is 0.177 e. The summed E-state index contributed by atoms with van der Waals surface area (Å²) in [4.78, 5) is 15.7. The molecule has 1 nitrogen and oxygen atoms in total. The first-order valence-electron chi connectivity index (χ1n) is 8.70. The minimum atomic E-state index is -0.480. The Hall–Kier alpha value is -2.32. The second-order valence-electron chi connectivity index (χ2n) is 6.50. The van der Waals surface area contributed by atoms with Crippen LogP contribution >= 0.6 is 11.8 Å². The Labute approximate surface area is 153 Å². The van der Waals surface area contributed by atoms with Crippen molar-refractivity contribution in [3.8, 4) is 0 Å². The van der Waals surface area contributed by atoms with Crippen molar-refractivity contribution >= 4 is 17.5 Å². The van der Waals surface area contributed by atoms with Gasteiger partial charge in [-0.2, -0.15) is 0 Å². The molecule has 0 radical (unpaired) electrons. The summed E-state index contributed by atoms with van der Waals surface area (Å²) in [6.45, 7) is 0. The maximum absolute atomic E-state index is 13.2. The summed E-state index contributed by atoms with van der Waals surface area (Å²) in [5.41, 5.74) is 1.39. The van der Waals surface area contributed by atoms with Crippen LogP contribution in [-0.2, 0) is 5.41 Å². The van der Waals surface area contributed by atoms with Crippen molar-refractivity contribution in [2.75, 3.05) is 0 Å². The topological polar surface area (TPSA) is 17.1 Å². The predicted molar refractivity (Wildman–Crippen MR) is 105 cm³/mol. The maximum Gasteiger partial charge on any atom is 0.177 e. The minimum Gasteiger partial charge on any atom is -0.293 e. The summed E-state index contributed by atoms with van der Waals surface area (Å²) < 4.78 is 0.